The summed E-state index contributed by atoms with van der Waals surface area (Å²) in [5, 5.41) is 3.49. The number of aryl methyl sites for hydroxylation is 1. The van der Waals surface area contributed by atoms with E-state index in [1.807, 2.05) is 0 Å². The van der Waals surface area contributed by atoms with Crippen molar-refractivity contribution in [2.24, 2.45) is 10.4 Å². The van der Waals surface area contributed by atoms with E-state index in [4.69, 9.17) is 4.99 Å². The summed E-state index contributed by atoms with van der Waals surface area (Å²) >= 11 is 0. The van der Waals surface area contributed by atoms with Gasteiger partial charge in [-0.25, -0.2) is 0 Å². The van der Waals surface area contributed by atoms with E-state index in [9.17, 15) is 0 Å². The molecule has 1 heterocycles. The molecule has 0 radical (unpaired) electrons. The number of rotatable bonds is 2. The third-order valence-electron chi connectivity index (χ3n) is 3.99. The molecule has 0 spiro atoms. The van der Waals surface area contributed by atoms with E-state index >= 15 is 0 Å². The Kier molecular flexibility index (Phi) is 3.17. The van der Waals surface area contributed by atoms with Gasteiger partial charge in [0.2, 0.25) is 0 Å². The van der Waals surface area contributed by atoms with Crippen LogP contribution in [0.4, 0.5) is 0 Å². The van der Waals surface area contributed by atoms with Crippen LogP contribution in [0.3, 0.4) is 0 Å². The summed E-state index contributed by atoms with van der Waals surface area (Å²) in [5.41, 5.74) is 4.67. The van der Waals surface area contributed by atoms with Crippen LogP contribution in [0.2, 0.25) is 0 Å². The minimum absolute atomic E-state index is 0.303. The van der Waals surface area contributed by atoms with Crippen molar-refractivity contribution in [3.8, 4) is 0 Å². The first-order valence-corrected chi connectivity index (χ1v) is 7.17. The Morgan fingerprint density at radius 1 is 1.21 bits per heavy atom. The average molecular weight is 254 g/mol. The minimum Gasteiger partial charge on any atom is -0.373 e. The number of hydrogen-bond acceptors (Lipinski definition) is 2. The quantitative estimate of drug-likeness (QED) is 0.859. The van der Waals surface area contributed by atoms with Crippen molar-refractivity contribution in [1.82, 2.24) is 5.32 Å². The molecule has 0 fully saturated rings. The van der Waals surface area contributed by atoms with Crippen molar-refractivity contribution in [3.63, 3.8) is 0 Å². The normalized spacial score (nSPS) is 20.9. The number of hydrogen-bond donors (Lipinski definition) is 1. The Morgan fingerprint density at radius 3 is 2.84 bits per heavy atom. The third kappa shape index (κ3) is 2.89. The summed E-state index contributed by atoms with van der Waals surface area (Å²) in [6.07, 6.45) is 5.68. The fraction of sp³-hybridized carbons (Fsp3) is 0.471. The molecule has 0 aromatic heterocycles. The lowest BCUT2D eigenvalue weighted by Gasteiger charge is -2.29. The highest BCUT2D eigenvalue weighted by molar-refractivity contribution is 5.86. The number of fused-ring (bicyclic) bond motifs is 1. The first kappa shape index (κ1) is 12.5. The molecule has 1 aliphatic heterocycles. The van der Waals surface area contributed by atoms with Crippen molar-refractivity contribution in [1.29, 1.82) is 0 Å². The van der Waals surface area contributed by atoms with Crippen LogP contribution in [0.15, 0.2) is 34.8 Å². The van der Waals surface area contributed by atoms with E-state index in [-0.39, 0.29) is 0 Å². The van der Waals surface area contributed by atoms with E-state index in [1.165, 1.54) is 35.4 Å². The van der Waals surface area contributed by atoms with Gasteiger partial charge >= 0.3 is 0 Å². The van der Waals surface area contributed by atoms with Gasteiger partial charge in [0.1, 0.15) is 5.84 Å². The van der Waals surface area contributed by atoms with Gasteiger partial charge in [-0.3, -0.25) is 4.99 Å². The predicted octanol–water partition coefficient (Wildman–Crippen LogP) is 3.43. The summed E-state index contributed by atoms with van der Waals surface area (Å²) in [6.45, 7) is 6.50. The van der Waals surface area contributed by atoms with Crippen molar-refractivity contribution >= 4 is 11.9 Å². The summed E-state index contributed by atoms with van der Waals surface area (Å²) in [7, 11) is 0. The summed E-state index contributed by atoms with van der Waals surface area (Å²) in [4.78, 5) is 4.70. The van der Waals surface area contributed by atoms with Gasteiger partial charge in [0, 0.05) is 24.9 Å². The Labute approximate surface area is 115 Å². The number of aliphatic imine (C=N–C) groups is 1. The second kappa shape index (κ2) is 4.84. The Morgan fingerprint density at radius 2 is 2.05 bits per heavy atom. The van der Waals surface area contributed by atoms with Crippen LogP contribution in [0.5, 0.6) is 0 Å². The molecule has 0 atom stereocenters. The van der Waals surface area contributed by atoms with E-state index < -0.39 is 0 Å². The average Bonchev–Trinajstić information content (AvgIpc) is 2.41. The minimum atomic E-state index is 0.303. The molecule has 0 amide bonds. The second-order valence-corrected chi connectivity index (χ2v) is 6.46. The van der Waals surface area contributed by atoms with Gasteiger partial charge in [-0.15, -0.1) is 0 Å². The van der Waals surface area contributed by atoms with Crippen LogP contribution in [0.25, 0.3) is 6.08 Å². The summed E-state index contributed by atoms with van der Waals surface area (Å²) in [6, 6.07) is 8.71. The molecular formula is C17H22N2. The Balaban J connectivity index is 1.72. The second-order valence-electron chi connectivity index (χ2n) is 6.46. The van der Waals surface area contributed by atoms with Crippen molar-refractivity contribution in [3.05, 3.63) is 41.0 Å². The molecule has 0 unspecified atom stereocenters. The van der Waals surface area contributed by atoms with Gasteiger partial charge in [-0.05, 0) is 24.0 Å². The van der Waals surface area contributed by atoms with Gasteiger partial charge < -0.3 is 5.32 Å². The maximum Gasteiger partial charge on any atom is 0.100 e. The highest BCUT2D eigenvalue weighted by atomic mass is 15.0. The van der Waals surface area contributed by atoms with Gasteiger partial charge in [-0.2, -0.15) is 0 Å². The molecule has 1 N–H and O–H groups in total. The standard InChI is InChI=1S/C17H22N2/c1-17(2)11-18-16(19-12-17)10-13-7-8-14-5-3-4-6-15(14)9-13/h3-6,9H,7-8,10-12H2,1-2H3,(H,18,19). The first-order chi connectivity index (χ1) is 9.12. The maximum atomic E-state index is 4.70. The summed E-state index contributed by atoms with van der Waals surface area (Å²) in [5.74, 6) is 1.17. The molecule has 2 nitrogen and oxygen atoms in total. The molecule has 2 heteroatoms. The summed E-state index contributed by atoms with van der Waals surface area (Å²) < 4.78 is 0. The van der Waals surface area contributed by atoms with Gasteiger partial charge in [0.05, 0.1) is 0 Å². The van der Waals surface area contributed by atoms with Crippen LogP contribution in [-0.2, 0) is 6.42 Å². The Bertz CT molecular complexity index is 538. The van der Waals surface area contributed by atoms with Gasteiger partial charge in [-0.1, -0.05) is 49.8 Å². The largest absolute Gasteiger partial charge is 0.373 e. The topological polar surface area (TPSA) is 24.4 Å². The van der Waals surface area contributed by atoms with Crippen LogP contribution in [0, 0.1) is 5.41 Å². The van der Waals surface area contributed by atoms with Gasteiger partial charge in [0.25, 0.3) is 0 Å². The van der Waals surface area contributed by atoms with E-state index in [0.29, 0.717) is 5.41 Å². The molecule has 3 rings (SSSR count). The third-order valence-corrected chi connectivity index (χ3v) is 3.99. The molecule has 1 aliphatic carbocycles. The molecule has 19 heavy (non-hydrogen) atoms. The smallest absolute Gasteiger partial charge is 0.100 e. The fourth-order valence-electron chi connectivity index (χ4n) is 2.73. The van der Waals surface area contributed by atoms with Crippen molar-refractivity contribution in [2.75, 3.05) is 13.1 Å². The highest BCUT2D eigenvalue weighted by Gasteiger charge is 2.22. The number of amidine groups is 1. The SMILES string of the molecule is CC1(C)CN=C(CC2=Cc3ccccc3CC2)NC1. The van der Waals surface area contributed by atoms with Crippen LogP contribution >= 0.6 is 0 Å². The number of nitrogens with zero attached hydrogens (tertiary/aromatic N) is 1. The molecule has 0 bridgehead atoms. The Hall–Kier alpha value is -1.57. The van der Waals surface area contributed by atoms with Crippen molar-refractivity contribution in [2.45, 2.75) is 33.1 Å². The monoisotopic (exact) mass is 254 g/mol. The molecule has 1 aromatic rings. The van der Waals surface area contributed by atoms with Crippen molar-refractivity contribution < 1.29 is 0 Å². The van der Waals surface area contributed by atoms with Crippen LogP contribution < -0.4 is 5.32 Å². The molecule has 1 aromatic carbocycles. The lowest BCUT2D eigenvalue weighted by molar-refractivity contribution is 0.360. The zero-order valence-corrected chi connectivity index (χ0v) is 11.9. The molecule has 0 saturated heterocycles. The lowest BCUT2D eigenvalue weighted by atomic mass is 9.89. The highest BCUT2D eigenvalue weighted by Crippen LogP contribution is 2.26. The van der Waals surface area contributed by atoms with E-state index in [1.54, 1.807) is 0 Å². The van der Waals surface area contributed by atoms with Crippen LogP contribution in [-0.4, -0.2) is 18.9 Å². The fourth-order valence-corrected chi connectivity index (χ4v) is 2.73. The first-order valence-electron chi connectivity index (χ1n) is 7.17. The van der Waals surface area contributed by atoms with E-state index in [2.05, 4.69) is 49.5 Å². The molecule has 100 valence electrons. The lowest BCUT2D eigenvalue weighted by Crippen LogP contribution is -2.41. The predicted molar refractivity (Wildman–Crippen MR) is 81.4 cm³/mol. The zero-order valence-electron chi connectivity index (χ0n) is 11.9. The maximum absolute atomic E-state index is 4.70. The molecule has 2 aliphatic rings. The van der Waals surface area contributed by atoms with Crippen LogP contribution in [0.1, 0.15) is 37.8 Å². The number of benzene rings is 1. The number of nitrogens with one attached hydrogen (secondary N) is 1. The van der Waals surface area contributed by atoms with E-state index in [0.717, 1.165) is 19.5 Å². The zero-order chi connectivity index (χ0) is 13.3. The molecular weight excluding hydrogens is 232 g/mol. The molecule has 0 saturated carbocycles. The van der Waals surface area contributed by atoms with Gasteiger partial charge in [0.15, 0.2) is 0 Å².